The summed E-state index contributed by atoms with van der Waals surface area (Å²) in [7, 11) is 0. The minimum Gasteiger partial charge on any atom is -0.389 e. The van der Waals surface area contributed by atoms with Gasteiger partial charge in [0.05, 0.1) is 11.7 Å². The lowest BCUT2D eigenvalue weighted by Gasteiger charge is -2.12. The van der Waals surface area contributed by atoms with Crippen LogP contribution in [0.15, 0.2) is 18.2 Å². The normalized spacial score (nSPS) is 14.1. The molecule has 0 amide bonds. The van der Waals surface area contributed by atoms with Crippen LogP contribution < -0.4 is 0 Å². The summed E-state index contributed by atoms with van der Waals surface area (Å²) in [6.07, 6.45) is -5.23. The third kappa shape index (κ3) is 2.26. The molecular formula is C10H11F3O. The van der Waals surface area contributed by atoms with E-state index in [0.717, 1.165) is 12.1 Å². The van der Waals surface area contributed by atoms with E-state index >= 15 is 0 Å². The second kappa shape index (κ2) is 3.61. The predicted octanol–water partition coefficient (Wildman–Crippen LogP) is 3.07. The van der Waals surface area contributed by atoms with E-state index in [1.165, 1.54) is 13.0 Å². The van der Waals surface area contributed by atoms with Crippen LogP contribution in [-0.2, 0) is 6.18 Å². The smallest absolute Gasteiger partial charge is 0.389 e. The molecule has 1 atom stereocenters. The van der Waals surface area contributed by atoms with Gasteiger partial charge in [0.1, 0.15) is 0 Å². The van der Waals surface area contributed by atoms with Gasteiger partial charge in [-0.3, -0.25) is 0 Å². The lowest BCUT2D eigenvalue weighted by atomic mass is 10.0. The summed E-state index contributed by atoms with van der Waals surface area (Å²) in [6.45, 7) is 3.12. The van der Waals surface area contributed by atoms with Crippen molar-refractivity contribution in [3.8, 4) is 0 Å². The van der Waals surface area contributed by atoms with Crippen LogP contribution in [0, 0.1) is 6.92 Å². The Labute approximate surface area is 80.2 Å². The molecule has 1 N–H and O–H groups in total. The third-order valence-corrected chi connectivity index (χ3v) is 2.06. The molecule has 0 aliphatic rings. The van der Waals surface area contributed by atoms with Crippen molar-refractivity contribution < 1.29 is 18.3 Å². The van der Waals surface area contributed by atoms with Crippen molar-refractivity contribution in [2.75, 3.05) is 0 Å². The highest BCUT2D eigenvalue weighted by Gasteiger charge is 2.30. The van der Waals surface area contributed by atoms with E-state index in [-0.39, 0.29) is 0 Å². The summed E-state index contributed by atoms with van der Waals surface area (Å²) in [5.74, 6) is 0. The molecule has 1 unspecified atom stereocenters. The van der Waals surface area contributed by atoms with Crippen LogP contribution in [0.2, 0.25) is 0 Å². The predicted molar refractivity (Wildman–Crippen MR) is 46.8 cm³/mol. The molecule has 1 rings (SSSR count). The highest BCUT2D eigenvalue weighted by Crippen LogP contribution is 2.31. The van der Waals surface area contributed by atoms with Crippen molar-refractivity contribution in [1.82, 2.24) is 0 Å². The zero-order chi connectivity index (χ0) is 10.9. The quantitative estimate of drug-likeness (QED) is 0.745. The molecule has 0 saturated carbocycles. The Morgan fingerprint density at radius 1 is 1.29 bits per heavy atom. The molecule has 0 radical (unpaired) electrons. The maximum atomic E-state index is 12.3. The molecule has 0 spiro atoms. The fraction of sp³-hybridized carbons (Fsp3) is 0.400. The average Bonchev–Trinajstić information content (AvgIpc) is 2.02. The van der Waals surface area contributed by atoms with Crippen LogP contribution in [0.25, 0.3) is 0 Å². The largest absolute Gasteiger partial charge is 0.416 e. The first-order chi connectivity index (χ1) is 6.32. The highest BCUT2D eigenvalue weighted by molar-refractivity contribution is 5.33. The zero-order valence-electron chi connectivity index (χ0n) is 7.89. The fourth-order valence-electron chi connectivity index (χ4n) is 1.27. The van der Waals surface area contributed by atoms with Gasteiger partial charge in [-0.15, -0.1) is 0 Å². The molecule has 0 aromatic heterocycles. The number of halogens is 3. The number of alkyl halides is 3. The first-order valence-electron chi connectivity index (χ1n) is 4.18. The molecule has 4 heteroatoms. The maximum Gasteiger partial charge on any atom is 0.416 e. The number of rotatable bonds is 1. The molecule has 14 heavy (non-hydrogen) atoms. The molecule has 1 nitrogen and oxygen atoms in total. The molecule has 1 aromatic rings. The third-order valence-electron chi connectivity index (χ3n) is 2.06. The van der Waals surface area contributed by atoms with E-state index in [1.54, 1.807) is 6.92 Å². The summed E-state index contributed by atoms with van der Waals surface area (Å²) in [5, 5.41) is 9.23. The van der Waals surface area contributed by atoms with Gasteiger partial charge in [0.15, 0.2) is 0 Å². The molecule has 0 aliphatic heterocycles. The van der Waals surface area contributed by atoms with E-state index in [2.05, 4.69) is 0 Å². The Hall–Kier alpha value is -1.03. The lowest BCUT2D eigenvalue weighted by Crippen LogP contribution is -2.07. The summed E-state index contributed by atoms with van der Waals surface area (Å²) in [5.41, 5.74) is 0.256. The molecule has 78 valence electrons. The molecule has 0 bridgehead atoms. The Morgan fingerprint density at radius 3 is 2.29 bits per heavy atom. The zero-order valence-corrected chi connectivity index (χ0v) is 7.89. The number of hydrogen-bond donors (Lipinski definition) is 1. The van der Waals surface area contributed by atoms with Gasteiger partial charge >= 0.3 is 6.18 Å². The molecule has 0 fully saturated rings. The number of aliphatic hydroxyl groups is 1. The van der Waals surface area contributed by atoms with Crippen molar-refractivity contribution in [2.24, 2.45) is 0 Å². The number of aryl methyl sites for hydroxylation is 1. The van der Waals surface area contributed by atoms with Gasteiger partial charge in [-0.1, -0.05) is 6.07 Å². The SMILES string of the molecule is Cc1ccc(C(F)(F)F)cc1C(C)O. The topological polar surface area (TPSA) is 20.2 Å². The van der Waals surface area contributed by atoms with E-state index in [1.807, 2.05) is 0 Å². The van der Waals surface area contributed by atoms with Gasteiger partial charge in [-0.25, -0.2) is 0 Å². The first-order valence-corrected chi connectivity index (χ1v) is 4.18. The second-order valence-electron chi connectivity index (χ2n) is 3.25. The first kappa shape index (κ1) is 11.0. The number of benzene rings is 1. The highest BCUT2D eigenvalue weighted by atomic mass is 19.4. The van der Waals surface area contributed by atoms with Gasteiger partial charge in [0.2, 0.25) is 0 Å². The molecular weight excluding hydrogens is 193 g/mol. The van der Waals surface area contributed by atoms with Crippen LogP contribution in [0.1, 0.15) is 29.7 Å². The second-order valence-corrected chi connectivity index (χ2v) is 3.25. The van der Waals surface area contributed by atoms with Crippen molar-refractivity contribution in [3.05, 3.63) is 34.9 Å². The Kier molecular flexibility index (Phi) is 2.85. The minimum absolute atomic E-state index is 0.319. The van der Waals surface area contributed by atoms with Crippen LogP contribution >= 0.6 is 0 Å². The van der Waals surface area contributed by atoms with Gasteiger partial charge in [0.25, 0.3) is 0 Å². The van der Waals surface area contributed by atoms with Crippen LogP contribution in [-0.4, -0.2) is 5.11 Å². The Bertz CT molecular complexity index is 329. The van der Waals surface area contributed by atoms with E-state index < -0.39 is 17.8 Å². The summed E-state index contributed by atoms with van der Waals surface area (Å²) in [4.78, 5) is 0. The average molecular weight is 204 g/mol. The summed E-state index contributed by atoms with van der Waals surface area (Å²) < 4.78 is 36.8. The molecule has 0 aliphatic carbocycles. The van der Waals surface area contributed by atoms with Crippen molar-refractivity contribution in [1.29, 1.82) is 0 Å². The van der Waals surface area contributed by atoms with Crippen LogP contribution in [0.3, 0.4) is 0 Å². The van der Waals surface area contributed by atoms with Crippen molar-refractivity contribution in [3.63, 3.8) is 0 Å². The molecule has 0 heterocycles. The lowest BCUT2D eigenvalue weighted by molar-refractivity contribution is -0.137. The van der Waals surface area contributed by atoms with Crippen LogP contribution in [0.5, 0.6) is 0 Å². The minimum atomic E-state index is -4.35. The Morgan fingerprint density at radius 2 is 1.86 bits per heavy atom. The molecule has 1 aromatic carbocycles. The van der Waals surface area contributed by atoms with Crippen molar-refractivity contribution >= 4 is 0 Å². The molecule has 0 saturated heterocycles. The number of hydrogen-bond acceptors (Lipinski definition) is 1. The van der Waals surface area contributed by atoms with Gasteiger partial charge in [0, 0.05) is 0 Å². The van der Waals surface area contributed by atoms with Gasteiger partial charge in [-0.2, -0.15) is 13.2 Å². The standard InChI is InChI=1S/C10H11F3O/c1-6-3-4-8(10(11,12)13)5-9(6)7(2)14/h3-5,7,14H,1-2H3. The maximum absolute atomic E-state index is 12.3. The number of aliphatic hydroxyl groups excluding tert-OH is 1. The van der Waals surface area contributed by atoms with Gasteiger partial charge in [-0.05, 0) is 37.1 Å². The van der Waals surface area contributed by atoms with E-state index in [9.17, 15) is 18.3 Å². The van der Waals surface area contributed by atoms with E-state index in [0.29, 0.717) is 11.1 Å². The monoisotopic (exact) mass is 204 g/mol. The Balaban J connectivity index is 3.20. The van der Waals surface area contributed by atoms with Crippen LogP contribution in [0.4, 0.5) is 13.2 Å². The van der Waals surface area contributed by atoms with E-state index in [4.69, 9.17) is 0 Å². The summed E-state index contributed by atoms with van der Waals surface area (Å²) in [6, 6.07) is 3.37. The van der Waals surface area contributed by atoms with Crippen molar-refractivity contribution in [2.45, 2.75) is 26.1 Å². The van der Waals surface area contributed by atoms with Gasteiger partial charge < -0.3 is 5.11 Å². The summed E-state index contributed by atoms with van der Waals surface area (Å²) >= 11 is 0. The fourth-order valence-corrected chi connectivity index (χ4v) is 1.27.